The Morgan fingerprint density at radius 1 is 0.926 bits per heavy atom. The van der Waals surface area contributed by atoms with Crippen LogP contribution in [-0.2, 0) is 0 Å². The number of amides is 2. The van der Waals surface area contributed by atoms with Crippen LogP contribution in [0.2, 0.25) is 0 Å². The lowest BCUT2D eigenvalue weighted by molar-refractivity contribution is 0.0949. The molecule has 0 aromatic heterocycles. The molecule has 0 heterocycles. The number of ether oxygens (including phenoxy) is 2. The van der Waals surface area contributed by atoms with Crippen LogP contribution in [0.15, 0.2) is 42.5 Å². The highest BCUT2D eigenvalue weighted by atomic mass is 16.5. The summed E-state index contributed by atoms with van der Waals surface area (Å²) in [6.45, 7) is 1.32. The van der Waals surface area contributed by atoms with Crippen molar-refractivity contribution in [3.05, 3.63) is 53.6 Å². The van der Waals surface area contributed by atoms with Gasteiger partial charge in [-0.1, -0.05) is 0 Å². The van der Waals surface area contributed by atoms with Crippen molar-refractivity contribution in [3.63, 3.8) is 0 Å². The normalized spacial score (nSPS) is 10.4. The maximum atomic E-state index is 12.5. The lowest BCUT2D eigenvalue weighted by atomic mass is 10.1. The minimum absolute atomic E-state index is 0.168. The molecule has 0 saturated carbocycles. The van der Waals surface area contributed by atoms with E-state index in [1.165, 1.54) is 7.11 Å². The molecule has 0 saturated heterocycles. The molecule has 0 radical (unpaired) electrons. The topological polar surface area (TPSA) is 79.9 Å². The molecule has 27 heavy (non-hydrogen) atoms. The van der Waals surface area contributed by atoms with Gasteiger partial charge in [-0.3, -0.25) is 9.59 Å². The van der Waals surface area contributed by atoms with Gasteiger partial charge >= 0.3 is 0 Å². The molecule has 0 atom stereocenters. The number of carbonyl (C=O) groups is 2. The third kappa shape index (κ3) is 5.72. The van der Waals surface area contributed by atoms with E-state index in [1.807, 2.05) is 19.0 Å². The Kier molecular flexibility index (Phi) is 7.19. The van der Waals surface area contributed by atoms with Crippen LogP contribution >= 0.6 is 0 Å². The molecule has 2 rings (SSSR count). The number of rotatable bonds is 8. The zero-order valence-corrected chi connectivity index (χ0v) is 16.0. The van der Waals surface area contributed by atoms with Crippen molar-refractivity contribution in [2.24, 2.45) is 0 Å². The average Bonchev–Trinajstić information content (AvgIpc) is 2.67. The van der Waals surface area contributed by atoms with Crippen LogP contribution in [0.1, 0.15) is 20.7 Å². The third-order valence-electron chi connectivity index (χ3n) is 3.91. The van der Waals surface area contributed by atoms with Crippen molar-refractivity contribution < 1.29 is 19.1 Å². The van der Waals surface area contributed by atoms with Crippen LogP contribution in [-0.4, -0.2) is 58.1 Å². The van der Waals surface area contributed by atoms with E-state index in [9.17, 15) is 9.59 Å². The van der Waals surface area contributed by atoms with Crippen molar-refractivity contribution in [2.75, 3.05) is 46.7 Å². The summed E-state index contributed by atoms with van der Waals surface area (Å²) in [7, 11) is 6.96. The smallest absolute Gasteiger partial charge is 0.255 e. The van der Waals surface area contributed by atoms with Gasteiger partial charge in [0.1, 0.15) is 11.5 Å². The van der Waals surface area contributed by atoms with E-state index in [0.29, 0.717) is 34.9 Å². The first-order valence-corrected chi connectivity index (χ1v) is 8.51. The molecule has 7 heteroatoms. The summed E-state index contributed by atoms with van der Waals surface area (Å²) in [6.07, 6.45) is 0. The van der Waals surface area contributed by atoms with Crippen LogP contribution in [0.25, 0.3) is 0 Å². The van der Waals surface area contributed by atoms with Gasteiger partial charge in [-0.05, 0) is 50.5 Å². The number of nitrogens with one attached hydrogen (secondary N) is 2. The molecule has 2 aromatic carbocycles. The van der Waals surface area contributed by atoms with Crippen molar-refractivity contribution in [3.8, 4) is 11.5 Å². The number of hydrogen-bond donors (Lipinski definition) is 2. The number of carbonyl (C=O) groups excluding carboxylic acids is 2. The first kappa shape index (κ1) is 20.3. The summed E-state index contributed by atoms with van der Waals surface area (Å²) in [5, 5.41) is 5.63. The number of anilines is 1. The summed E-state index contributed by atoms with van der Waals surface area (Å²) in [4.78, 5) is 26.6. The van der Waals surface area contributed by atoms with Crippen LogP contribution in [0, 0.1) is 0 Å². The van der Waals surface area contributed by atoms with Crippen LogP contribution in [0.5, 0.6) is 11.5 Å². The van der Waals surface area contributed by atoms with Crippen LogP contribution < -0.4 is 20.1 Å². The number of hydrogen-bond acceptors (Lipinski definition) is 5. The van der Waals surface area contributed by atoms with Gasteiger partial charge in [-0.2, -0.15) is 0 Å². The van der Waals surface area contributed by atoms with Gasteiger partial charge in [0.15, 0.2) is 0 Å². The Hall–Kier alpha value is -3.06. The van der Waals surface area contributed by atoms with Crippen molar-refractivity contribution in [1.82, 2.24) is 10.2 Å². The molecule has 2 aromatic rings. The summed E-state index contributed by atoms with van der Waals surface area (Å²) < 4.78 is 10.4. The zero-order valence-electron chi connectivity index (χ0n) is 16.0. The fourth-order valence-corrected chi connectivity index (χ4v) is 2.37. The van der Waals surface area contributed by atoms with Gasteiger partial charge in [0.05, 0.1) is 19.9 Å². The molecule has 2 amide bonds. The minimum Gasteiger partial charge on any atom is -0.497 e. The predicted molar refractivity (Wildman–Crippen MR) is 105 cm³/mol. The maximum absolute atomic E-state index is 12.5. The van der Waals surface area contributed by atoms with E-state index in [4.69, 9.17) is 9.47 Å². The SMILES string of the molecule is COc1ccc(OC)c(NC(=O)c2ccc(C(=O)NCCN(C)C)cc2)c1. The second-order valence-electron chi connectivity index (χ2n) is 6.16. The highest BCUT2D eigenvalue weighted by Crippen LogP contribution is 2.29. The summed E-state index contributed by atoms with van der Waals surface area (Å²) >= 11 is 0. The van der Waals surface area contributed by atoms with E-state index >= 15 is 0 Å². The van der Waals surface area contributed by atoms with Crippen molar-refractivity contribution >= 4 is 17.5 Å². The number of likely N-dealkylation sites (N-methyl/N-ethyl adjacent to an activating group) is 1. The molecular weight excluding hydrogens is 346 g/mol. The summed E-state index contributed by atoms with van der Waals surface area (Å²) in [5.74, 6) is 0.663. The molecule has 144 valence electrons. The quantitative estimate of drug-likeness (QED) is 0.744. The Bertz CT molecular complexity index is 788. The Morgan fingerprint density at radius 3 is 2.11 bits per heavy atom. The third-order valence-corrected chi connectivity index (χ3v) is 3.91. The fourth-order valence-electron chi connectivity index (χ4n) is 2.37. The molecule has 0 spiro atoms. The number of methoxy groups -OCH3 is 2. The number of benzene rings is 2. The Morgan fingerprint density at radius 2 is 1.56 bits per heavy atom. The molecule has 0 aliphatic rings. The van der Waals surface area contributed by atoms with E-state index in [0.717, 1.165) is 6.54 Å². The van der Waals surface area contributed by atoms with Gasteiger partial charge in [-0.15, -0.1) is 0 Å². The van der Waals surface area contributed by atoms with E-state index in [2.05, 4.69) is 10.6 Å². The number of nitrogens with zero attached hydrogens (tertiary/aromatic N) is 1. The molecule has 0 unspecified atom stereocenters. The van der Waals surface area contributed by atoms with Crippen molar-refractivity contribution in [2.45, 2.75) is 0 Å². The predicted octanol–water partition coefficient (Wildman–Crippen LogP) is 2.25. The van der Waals surface area contributed by atoms with Gasteiger partial charge in [0.25, 0.3) is 11.8 Å². The second kappa shape index (κ2) is 9.59. The largest absolute Gasteiger partial charge is 0.497 e. The van der Waals surface area contributed by atoms with Gasteiger partial charge in [-0.25, -0.2) is 0 Å². The van der Waals surface area contributed by atoms with Gasteiger partial charge in [0.2, 0.25) is 0 Å². The van der Waals surface area contributed by atoms with E-state index < -0.39 is 0 Å². The molecule has 0 fully saturated rings. The summed E-state index contributed by atoms with van der Waals surface area (Å²) in [5.41, 5.74) is 1.45. The fraction of sp³-hybridized carbons (Fsp3) is 0.300. The molecule has 0 aliphatic carbocycles. The minimum atomic E-state index is -0.305. The molecular formula is C20H25N3O4. The Balaban J connectivity index is 2.04. The van der Waals surface area contributed by atoms with Crippen LogP contribution in [0.4, 0.5) is 5.69 Å². The first-order valence-electron chi connectivity index (χ1n) is 8.51. The lowest BCUT2D eigenvalue weighted by Crippen LogP contribution is -2.31. The molecule has 2 N–H and O–H groups in total. The highest BCUT2D eigenvalue weighted by Gasteiger charge is 2.12. The standard InChI is InChI=1S/C20H25N3O4/c1-23(2)12-11-21-19(24)14-5-7-15(8-6-14)20(25)22-17-13-16(26-3)9-10-18(17)27-4/h5-10,13H,11-12H2,1-4H3,(H,21,24)(H,22,25). The first-order chi connectivity index (χ1) is 12.9. The molecule has 7 nitrogen and oxygen atoms in total. The zero-order chi connectivity index (χ0) is 19.8. The Labute approximate surface area is 159 Å². The van der Waals surface area contributed by atoms with E-state index in [-0.39, 0.29) is 11.8 Å². The summed E-state index contributed by atoms with van der Waals surface area (Å²) in [6, 6.07) is 11.6. The highest BCUT2D eigenvalue weighted by molar-refractivity contribution is 6.05. The van der Waals surface area contributed by atoms with Crippen molar-refractivity contribution in [1.29, 1.82) is 0 Å². The average molecular weight is 371 g/mol. The second-order valence-corrected chi connectivity index (χ2v) is 6.16. The monoisotopic (exact) mass is 371 g/mol. The van der Waals surface area contributed by atoms with E-state index in [1.54, 1.807) is 49.6 Å². The molecule has 0 bridgehead atoms. The van der Waals surface area contributed by atoms with Crippen LogP contribution in [0.3, 0.4) is 0 Å². The maximum Gasteiger partial charge on any atom is 0.255 e. The van der Waals surface area contributed by atoms with Gasteiger partial charge < -0.3 is 25.0 Å². The molecule has 0 aliphatic heterocycles. The lowest BCUT2D eigenvalue weighted by Gasteiger charge is -2.12. The van der Waals surface area contributed by atoms with Gasteiger partial charge in [0, 0.05) is 30.3 Å².